The van der Waals surface area contributed by atoms with Crippen LogP contribution in [0.4, 0.5) is 4.39 Å². The van der Waals surface area contributed by atoms with Gasteiger partial charge in [0.2, 0.25) is 0 Å². The van der Waals surface area contributed by atoms with Gasteiger partial charge in [-0.2, -0.15) is 0 Å². The second-order valence-corrected chi connectivity index (χ2v) is 6.07. The highest BCUT2D eigenvalue weighted by atomic mass is 127. The lowest BCUT2D eigenvalue weighted by Crippen LogP contribution is -1.81. The first-order chi connectivity index (χ1) is 6.66. The topological polar surface area (TPSA) is 25.8 Å². The van der Waals surface area contributed by atoms with Crippen molar-refractivity contribution in [3.8, 4) is 10.6 Å². The first-order valence-electron chi connectivity index (χ1n) is 3.61. The van der Waals surface area contributed by atoms with Gasteiger partial charge in [-0.25, -0.2) is 4.39 Å². The van der Waals surface area contributed by atoms with Gasteiger partial charge in [-0.3, -0.25) is 0 Å². The number of halogens is 3. The molecular formula is C8H3BrFIN2S. The van der Waals surface area contributed by atoms with Crippen molar-refractivity contribution in [2.75, 3.05) is 0 Å². The summed E-state index contributed by atoms with van der Waals surface area (Å²) in [6, 6.07) is 4.92. The van der Waals surface area contributed by atoms with E-state index in [9.17, 15) is 4.39 Å². The van der Waals surface area contributed by atoms with Gasteiger partial charge in [0.05, 0.1) is 4.47 Å². The zero-order chi connectivity index (χ0) is 10.1. The average molecular weight is 385 g/mol. The highest BCUT2D eigenvalue weighted by Gasteiger charge is 2.07. The third-order valence-electron chi connectivity index (χ3n) is 1.57. The molecule has 0 aliphatic rings. The average Bonchev–Trinajstić information content (AvgIpc) is 2.57. The Morgan fingerprint density at radius 1 is 1.36 bits per heavy atom. The summed E-state index contributed by atoms with van der Waals surface area (Å²) < 4.78 is 14.5. The van der Waals surface area contributed by atoms with Crippen molar-refractivity contribution in [1.29, 1.82) is 0 Å². The van der Waals surface area contributed by atoms with Crippen LogP contribution in [0.15, 0.2) is 22.7 Å². The van der Waals surface area contributed by atoms with Crippen LogP contribution in [0.2, 0.25) is 0 Å². The molecule has 1 aromatic carbocycles. The molecule has 0 atom stereocenters. The molecule has 6 heteroatoms. The van der Waals surface area contributed by atoms with E-state index in [1.165, 1.54) is 17.4 Å². The van der Waals surface area contributed by atoms with Gasteiger partial charge >= 0.3 is 0 Å². The summed E-state index contributed by atoms with van der Waals surface area (Å²) in [4.78, 5) is 0. The molecule has 1 heterocycles. The summed E-state index contributed by atoms with van der Waals surface area (Å²) in [5.41, 5.74) is 0.756. The van der Waals surface area contributed by atoms with Crippen LogP contribution in [-0.4, -0.2) is 10.2 Å². The van der Waals surface area contributed by atoms with E-state index in [0.717, 1.165) is 13.6 Å². The lowest BCUT2D eigenvalue weighted by Gasteiger charge is -1.96. The fourth-order valence-electron chi connectivity index (χ4n) is 0.951. The molecule has 2 nitrogen and oxygen atoms in total. The number of hydrogen-bond donors (Lipinski definition) is 0. The molecule has 14 heavy (non-hydrogen) atoms. The zero-order valence-corrected chi connectivity index (χ0v) is 11.2. The summed E-state index contributed by atoms with van der Waals surface area (Å²) in [5, 5.41) is 8.54. The van der Waals surface area contributed by atoms with E-state index in [0.29, 0.717) is 4.47 Å². The molecule has 0 amide bonds. The van der Waals surface area contributed by atoms with Crippen molar-refractivity contribution in [3.05, 3.63) is 31.5 Å². The Hall–Kier alpha value is -0.0800. The predicted octanol–water partition coefficient (Wildman–Crippen LogP) is 3.71. The van der Waals surface area contributed by atoms with Crippen molar-refractivity contribution in [2.24, 2.45) is 0 Å². The maximum Gasteiger partial charge on any atom is 0.178 e. The van der Waals surface area contributed by atoms with E-state index in [-0.39, 0.29) is 5.82 Å². The SMILES string of the molecule is Fc1cc(-c2nnc(I)s2)ccc1Br. The Balaban J connectivity index is 2.47. The smallest absolute Gasteiger partial charge is 0.178 e. The van der Waals surface area contributed by atoms with Crippen LogP contribution in [0.5, 0.6) is 0 Å². The second kappa shape index (κ2) is 4.19. The minimum absolute atomic E-state index is 0.285. The van der Waals surface area contributed by atoms with Crippen LogP contribution in [0.1, 0.15) is 0 Å². The number of aromatic nitrogens is 2. The first kappa shape index (κ1) is 10.4. The minimum Gasteiger partial charge on any atom is -0.206 e. The molecule has 0 unspecified atom stereocenters. The quantitative estimate of drug-likeness (QED) is 0.700. The first-order valence-corrected chi connectivity index (χ1v) is 6.30. The Bertz CT molecular complexity index is 474. The molecule has 0 saturated heterocycles. The number of nitrogens with zero attached hydrogens (tertiary/aromatic N) is 2. The summed E-state index contributed by atoms with van der Waals surface area (Å²) in [5.74, 6) is -0.285. The van der Waals surface area contributed by atoms with Crippen molar-refractivity contribution in [2.45, 2.75) is 0 Å². The van der Waals surface area contributed by atoms with Crippen LogP contribution in [-0.2, 0) is 0 Å². The van der Waals surface area contributed by atoms with Crippen LogP contribution in [0.3, 0.4) is 0 Å². The molecule has 2 aromatic rings. The summed E-state index contributed by atoms with van der Waals surface area (Å²) in [6.07, 6.45) is 0. The van der Waals surface area contributed by atoms with Crippen LogP contribution >= 0.6 is 49.9 Å². The molecule has 1 aromatic heterocycles. The zero-order valence-electron chi connectivity index (χ0n) is 6.67. The number of benzene rings is 1. The summed E-state index contributed by atoms with van der Waals surface area (Å²) in [6.45, 7) is 0. The summed E-state index contributed by atoms with van der Waals surface area (Å²) >= 11 is 6.62. The molecule has 0 aliphatic heterocycles. The van der Waals surface area contributed by atoms with Gasteiger partial charge < -0.3 is 0 Å². The Labute approximate surface area is 106 Å². The van der Waals surface area contributed by atoms with E-state index in [1.54, 1.807) is 6.07 Å². The van der Waals surface area contributed by atoms with E-state index < -0.39 is 0 Å². The van der Waals surface area contributed by atoms with Crippen molar-refractivity contribution < 1.29 is 4.39 Å². The van der Waals surface area contributed by atoms with Gasteiger partial charge in [0.25, 0.3) is 0 Å². The van der Waals surface area contributed by atoms with E-state index >= 15 is 0 Å². The highest BCUT2D eigenvalue weighted by molar-refractivity contribution is 14.1. The number of hydrogen-bond acceptors (Lipinski definition) is 3. The molecule has 2 rings (SSSR count). The lowest BCUT2D eigenvalue weighted by atomic mass is 10.2. The normalized spacial score (nSPS) is 10.5. The Morgan fingerprint density at radius 2 is 2.14 bits per heavy atom. The van der Waals surface area contributed by atoms with E-state index in [1.807, 2.05) is 6.07 Å². The fraction of sp³-hybridized carbons (Fsp3) is 0. The maximum absolute atomic E-state index is 13.2. The maximum atomic E-state index is 13.2. The largest absolute Gasteiger partial charge is 0.206 e. The molecule has 0 saturated carbocycles. The lowest BCUT2D eigenvalue weighted by molar-refractivity contribution is 0.621. The van der Waals surface area contributed by atoms with Crippen LogP contribution < -0.4 is 0 Å². The minimum atomic E-state index is -0.285. The van der Waals surface area contributed by atoms with Gasteiger partial charge in [-0.15, -0.1) is 10.2 Å². The molecule has 0 fully saturated rings. The van der Waals surface area contributed by atoms with E-state index in [2.05, 4.69) is 48.7 Å². The fourth-order valence-corrected chi connectivity index (χ4v) is 2.50. The van der Waals surface area contributed by atoms with Crippen molar-refractivity contribution in [3.63, 3.8) is 0 Å². The van der Waals surface area contributed by atoms with Gasteiger partial charge in [-0.1, -0.05) is 17.4 Å². The third kappa shape index (κ3) is 2.12. The molecule has 72 valence electrons. The molecule has 0 aliphatic carbocycles. The van der Waals surface area contributed by atoms with Crippen LogP contribution in [0, 0.1) is 8.83 Å². The highest BCUT2D eigenvalue weighted by Crippen LogP contribution is 2.27. The van der Waals surface area contributed by atoms with Crippen LogP contribution in [0.25, 0.3) is 10.6 Å². The molecule has 0 spiro atoms. The molecule has 0 radical (unpaired) electrons. The number of rotatable bonds is 1. The Kier molecular flexibility index (Phi) is 3.13. The monoisotopic (exact) mass is 384 g/mol. The molecular weight excluding hydrogens is 382 g/mol. The Morgan fingerprint density at radius 3 is 2.71 bits per heavy atom. The van der Waals surface area contributed by atoms with Gasteiger partial charge in [0, 0.05) is 5.56 Å². The summed E-state index contributed by atoms with van der Waals surface area (Å²) in [7, 11) is 0. The van der Waals surface area contributed by atoms with Gasteiger partial charge in [0.1, 0.15) is 10.8 Å². The standard InChI is InChI=1S/C8H3BrFIN2S/c9-5-2-1-4(3-6(5)10)7-12-13-8(11)14-7/h1-3H. The van der Waals surface area contributed by atoms with Gasteiger partial charge in [-0.05, 0) is 50.7 Å². The molecule has 0 bridgehead atoms. The van der Waals surface area contributed by atoms with Crippen molar-refractivity contribution in [1.82, 2.24) is 10.2 Å². The predicted molar refractivity (Wildman–Crippen MR) is 65.7 cm³/mol. The third-order valence-corrected chi connectivity index (χ3v) is 3.85. The van der Waals surface area contributed by atoms with Crippen molar-refractivity contribution >= 4 is 49.9 Å². The molecule has 0 N–H and O–H groups in total. The van der Waals surface area contributed by atoms with Gasteiger partial charge in [0.15, 0.2) is 3.01 Å². The second-order valence-electron chi connectivity index (χ2n) is 2.49. The van der Waals surface area contributed by atoms with E-state index in [4.69, 9.17) is 0 Å².